The summed E-state index contributed by atoms with van der Waals surface area (Å²) in [5.41, 5.74) is 1.68. The maximum atomic E-state index is 5.38. The van der Waals surface area contributed by atoms with Crippen molar-refractivity contribution in [3.8, 4) is 5.75 Å². The van der Waals surface area contributed by atoms with Crippen LogP contribution in [0.2, 0.25) is 0 Å². The summed E-state index contributed by atoms with van der Waals surface area (Å²) < 4.78 is 11.7. The zero-order valence-corrected chi connectivity index (χ0v) is 13.3. The highest BCUT2D eigenvalue weighted by atomic mass is 79.9. The molecule has 4 heteroatoms. The highest BCUT2D eigenvalue weighted by Gasteiger charge is 2.41. The second-order valence-electron chi connectivity index (χ2n) is 5.30. The molecule has 0 radical (unpaired) electrons. The summed E-state index contributed by atoms with van der Waals surface area (Å²) in [6.45, 7) is 2.77. The number of halogens is 1. The fraction of sp³-hybridized carbons (Fsp3) is 0.600. The van der Waals surface area contributed by atoms with Gasteiger partial charge in [-0.25, -0.2) is 0 Å². The number of methoxy groups -OCH3 is 2. The Morgan fingerprint density at radius 2 is 2.11 bits per heavy atom. The van der Waals surface area contributed by atoms with Gasteiger partial charge in [-0.3, -0.25) is 0 Å². The average molecular weight is 328 g/mol. The van der Waals surface area contributed by atoms with Crippen LogP contribution in [0.4, 0.5) is 0 Å². The summed E-state index contributed by atoms with van der Waals surface area (Å²) in [6, 6.07) is 6.11. The van der Waals surface area contributed by atoms with E-state index >= 15 is 0 Å². The molecule has 0 heterocycles. The van der Waals surface area contributed by atoms with Crippen molar-refractivity contribution in [3.05, 3.63) is 28.2 Å². The topological polar surface area (TPSA) is 30.5 Å². The minimum absolute atomic E-state index is 0.481. The molecule has 0 atom stereocenters. The minimum atomic E-state index is 0.481. The molecule has 1 N–H and O–H groups in total. The van der Waals surface area contributed by atoms with Crippen LogP contribution in [0.1, 0.15) is 24.8 Å². The molecule has 0 bridgehead atoms. The molecule has 1 aliphatic carbocycles. The van der Waals surface area contributed by atoms with Gasteiger partial charge in [-0.15, -0.1) is 0 Å². The van der Waals surface area contributed by atoms with Gasteiger partial charge < -0.3 is 14.8 Å². The Labute approximate surface area is 123 Å². The van der Waals surface area contributed by atoms with E-state index in [4.69, 9.17) is 9.47 Å². The lowest BCUT2D eigenvalue weighted by molar-refractivity contribution is 0.171. The largest absolute Gasteiger partial charge is 0.496 e. The number of hydrogen-bond acceptors (Lipinski definition) is 3. The van der Waals surface area contributed by atoms with Crippen LogP contribution in [0, 0.1) is 5.41 Å². The molecule has 1 aromatic rings. The zero-order valence-electron chi connectivity index (χ0n) is 11.7. The van der Waals surface area contributed by atoms with Gasteiger partial charge in [0.15, 0.2) is 0 Å². The molecule has 19 heavy (non-hydrogen) atoms. The van der Waals surface area contributed by atoms with Crippen LogP contribution in [0.5, 0.6) is 5.75 Å². The Kier molecular flexibility index (Phi) is 5.25. The van der Waals surface area contributed by atoms with E-state index in [1.54, 1.807) is 14.2 Å². The molecule has 0 spiro atoms. The SMILES string of the molecule is COCCC1(CNCc2cc(Br)ccc2OC)CC1. The monoisotopic (exact) mass is 327 g/mol. The third-order valence-electron chi connectivity index (χ3n) is 3.85. The predicted molar refractivity (Wildman–Crippen MR) is 80.6 cm³/mol. The molecule has 3 nitrogen and oxygen atoms in total. The molecule has 0 unspecified atom stereocenters. The summed E-state index contributed by atoms with van der Waals surface area (Å²) in [7, 11) is 3.49. The number of rotatable bonds is 8. The normalized spacial score (nSPS) is 16.4. The Balaban J connectivity index is 1.84. The van der Waals surface area contributed by atoms with Gasteiger partial charge in [0.25, 0.3) is 0 Å². The maximum Gasteiger partial charge on any atom is 0.123 e. The van der Waals surface area contributed by atoms with E-state index in [0.29, 0.717) is 5.41 Å². The number of benzene rings is 1. The summed E-state index contributed by atoms with van der Waals surface area (Å²) >= 11 is 3.50. The van der Waals surface area contributed by atoms with E-state index in [-0.39, 0.29) is 0 Å². The van der Waals surface area contributed by atoms with Crippen LogP contribution in [0.15, 0.2) is 22.7 Å². The number of nitrogens with one attached hydrogen (secondary N) is 1. The predicted octanol–water partition coefficient (Wildman–Crippen LogP) is 3.36. The lowest BCUT2D eigenvalue weighted by atomic mass is 10.0. The van der Waals surface area contributed by atoms with E-state index < -0.39 is 0 Å². The Hall–Kier alpha value is -0.580. The molecule has 1 aliphatic rings. The Morgan fingerprint density at radius 1 is 1.32 bits per heavy atom. The van der Waals surface area contributed by atoms with Crippen LogP contribution in [-0.4, -0.2) is 27.4 Å². The zero-order chi connectivity index (χ0) is 13.7. The van der Waals surface area contributed by atoms with Gasteiger partial charge in [0.05, 0.1) is 7.11 Å². The molecule has 106 valence electrons. The van der Waals surface area contributed by atoms with Crippen LogP contribution in [0.3, 0.4) is 0 Å². The van der Waals surface area contributed by atoms with E-state index in [9.17, 15) is 0 Å². The van der Waals surface area contributed by atoms with Crippen molar-refractivity contribution >= 4 is 15.9 Å². The summed E-state index contributed by atoms with van der Waals surface area (Å²) in [5.74, 6) is 0.942. The summed E-state index contributed by atoms with van der Waals surface area (Å²) in [4.78, 5) is 0. The molecule has 1 aromatic carbocycles. The first-order valence-corrected chi connectivity index (χ1v) is 7.50. The fourth-order valence-corrected chi connectivity index (χ4v) is 2.77. The molecule has 0 aromatic heterocycles. The molecular formula is C15H22BrNO2. The van der Waals surface area contributed by atoms with E-state index in [1.807, 2.05) is 12.1 Å². The van der Waals surface area contributed by atoms with Gasteiger partial charge in [-0.2, -0.15) is 0 Å². The first-order valence-electron chi connectivity index (χ1n) is 6.71. The molecule has 0 saturated heterocycles. The first-order chi connectivity index (χ1) is 9.19. The number of ether oxygens (including phenoxy) is 2. The highest BCUT2D eigenvalue weighted by Crippen LogP contribution is 2.48. The summed E-state index contributed by atoms with van der Waals surface area (Å²) in [5, 5.41) is 3.56. The molecular weight excluding hydrogens is 306 g/mol. The maximum absolute atomic E-state index is 5.38. The Bertz CT molecular complexity index is 419. The van der Waals surface area contributed by atoms with Gasteiger partial charge in [-0.05, 0) is 42.9 Å². The number of hydrogen-bond donors (Lipinski definition) is 1. The highest BCUT2D eigenvalue weighted by molar-refractivity contribution is 9.10. The third-order valence-corrected chi connectivity index (χ3v) is 4.34. The van der Waals surface area contributed by atoms with Crippen LogP contribution >= 0.6 is 15.9 Å². The van der Waals surface area contributed by atoms with Crippen molar-refractivity contribution in [2.24, 2.45) is 5.41 Å². The van der Waals surface area contributed by atoms with Crippen LogP contribution in [0.25, 0.3) is 0 Å². The molecule has 0 aliphatic heterocycles. The van der Waals surface area contributed by atoms with Crippen LogP contribution in [-0.2, 0) is 11.3 Å². The lowest BCUT2D eigenvalue weighted by Crippen LogP contribution is -2.24. The van der Waals surface area contributed by atoms with Crippen LogP contribution < -0.4 is 10.1 Å². The molecule has 1 fully saturated rings. The third kappa shape index (κ3) is 4.20. The van der Waals surface area contributed by atoms with Gasteiger partial charge in [-0.1, -0.05) is 15.9 Å². The van der Waals surface area contributed by atoms with Crippen molar-refractivity contribution in [1.82, 2.24) is 5.32 Å². The van der Waals surface area contributed by atoms with E-state index in [0.717, 1.165) is 36.3 Å². The van der Waals surface area contributed by atoms with Crippen molar-refractivity contribution in [2.75, 3.05) is 27.4 Å². The second-order valence-corrected chi connectivity index (χ2v) is 6.22. The summed E-state index contributed by atoms with van der Waals surface area (Å²) in [6.07, 6.45) is 3.80. The van der Waals surface area contributed by atoms with E-state index in [1.165, 1.54) is 18.4 Å². The molecule has 0 amide bonds. The van der Waals surface area contributed by atoms with Gasteiger partial charge >= 0.3 is 0 Å². The van der Waals surface area contributed by atoms with Gasteiger partial charge in [0.2, 0.25) is 0 Å². The smallest absolute Gasteiger partial charge is 0.123 e. The van der Waals surface area contributed by atoms with Crippen molar-refractivity contribution in [3.63, 3.8) is 0 Å². The van der Waals surface area contributed by atoms with Crippen molar-refractivity contribution < 1.29 is 9.47 Å². The van der Waals surface area contributed by atoms with Crippen molar-refractivity contribution in [1.29, 1.82) is 0 Å². The quantitative estimate of drug-likeness (QED) is 0.794. The minimum Gasteiger partial charge on any atom is -0.496 e. The molecule has 2 rings (SSSR count). The van der Waals surface area contributed by atoms with Crippen molar-refractivity contribution in [2.45, 2.75) is 25.8 Å². The van der Waals surface area contributed by atoms with E-state index in [2.05, 4.69) is 27.3 Å². The first kappa shape index (κ1) is 14.8. The standard InChI is InChI=1S/C15H22BrNO2/c1-18-8-7-15(5-6-15)11-17-10-12-9-13(16)3-4-14(12)19-2/h3-4,9,17H,5-8,10-11H2,1-2H3. The Morgan fingerprint density at radius 3 is 2.74 bits per heavy atom. The van der Waals surface area contributed by atoms with Gasteiger partial charge in [0, 0.05) is 36.8 Å². The lowest BCUT2D eigenvalue weighted by Gasteiger charge is -2.16. The average Bonchev–Trinajstić information content (AvgIpc) is 3.17. The second kappa shape index (κ2) is 6.73. The molecule has 1 saturated carbocycles. The fourth-order valence-electron chi connectivity index (χ4n) is 2.36. The van der Waals surface area contributed by atoms with Gasteiger partial charge in [0.1, 0.15) is 5.75 Å².